The number of fused-ring (bicyclic) bond motifs is 6. The van der Waals surface area contributed by atoms with E-state index in [0.717, 1.165) is 22.0 Å². The number of para-hydroxylation sites is 1. The molecule has 0 unspecified atom stereocenters. The van der Waals surface area contributed by atoms with Gasteiger partial charge in [-0.05, 0) is 54.1 Å². The zero-order valence-corrected chi connectivity index (χ0v) is 18.1. The Labute approximate surface area is 182 Å². The van der Waals surface area contributed by atoms with Crippen LogP contribution in [-0.2, 0) is 0 Å². The zero-order valence-electron chi connectivity index (χ0n) is 16.6. The Morgan fingerprint density at radius 1 is 0.867 bits per heavy atom. The quantitative estimate of drug-likeness (QED) is 0.272. The molecule has 4 heteroatoms. The van der Waals surface area contributed by atoms with Gasteiger partial charge < -0.3 is 4.74 Å². The van der Waals surface area contributed by atoms with Gasteiger partial charge in [0.05, 0.1) is 17.6 Å². The van der Waals surface area contributed by atoms with Crippen LogP contribution in [0.5, 0.6) is 5.75 Å². The number of benzene rings is 4. The third kappa shape index (κ3) is 2.49. The first-order chi connectivity index (χ1) is 14.6. The van der Waals surface area contributed by atoms with E-state index in [9.17, 15) is 0 Å². The van der Waals surface area contributed by atoms with Crippen LogP contribution in [0.1, 0.15) is 5.56 Å². The Bertz CT molecular complexity index is 1610. The van der Waals surface area contributed by atoms with Gasteiger partial charge in [-0.1, -0.05) is 53.6 Å². The first kappa shape index (κ1) is 17.8. The Hall–Kier alpha value is -3.01. The molecule has 0 bridgehead atoms. The van der Waals surface area contributed by atoms with Gasteiger partial charge in [0, 0.05) is 26.5 Å². The molecule has 4 aromatic carbocycles. The van der Waals surface area contributed by atoms with Crippen LogP contribution in [0.15, 0.2) is 72.8 Å². The molecule has 146 valence electrons. The van der Waals surface area contributed by atoms with Crippen LogP contribution in [0.3, 0.4) is 0 Å². The average Bonchev–Trinajstić information content (AvgIpc) is 3.28. The van der Waals surface area contributed by atoms with Crippen molar-refractivity contribution >= 4 is 64.9 Å². The number of nitrogens with zero attached hydrogens (tertiary/aromatic N) is 1. The highest BCUT2D eigenvalue weighted by Gasteiger charge is 2.19. The summed E-state index contributed by atoms with van der Waals surface area (Å²) >= 11 is 8.53. The first-order valence-electron chi connectivity index (χ1n) is 9.84. The minimum Gasteiger partial charge on any atom is -0.497 e. The molecule has 6 aromatic rings. The number of hydrogen-bond donors (Lipinski definition) is 0. The van der Waals surface area contributed by atoms with E-state index >= 15 is 0 Å². The second kappa shape index (κ2) is 6.49. The molecule has 0 saturated heterocycles. The lowest BCUT2D eigenvalue weighted by molar-refractivity contribution is 0.415. The van der Waals surface area contributed by atoms with E-state index in [4.69, 9.17) is 16.3 Å². The van der Waals surface area contributed by atoms with Crippen LogP contribution in [0.25, 0.3) is 47.7 Å². The van der Waals surface area contributed by atoms with E-state index in [1.165, 1.54) is 42.0 Å². The number of thiophene rings is 1. The summed E-state index contributed by atoms with van der Waals surface area (Å²) in [5.74, 6) is 0.876. The van der Waals surface area contributed by atoms with Gasteiger partial charge in [-0.15, -0.1) is 11.3 Å². The maximum atomic E-state index is 6.75. The Morgan fingerprint density at radius 2 is 1.73 bits per heavy atom. The Balaban J connectivity index is 1.77. The maximum Gasteiger partial charge on any atom is 0.120 e. The Morgan fingerprint density at radius 3 is 2.60 bits per heavy atom. The maximum absolute atomic E-state index is 6.75. The van der Waals surface area contributed by atoms with E-state index in [2.05, 4.69) is 66.1 Å². The van der Waals surface area contributed by atoms with Crippen LogP contribution in [0.4, 0.5) is 0 Å². The van der Waals surface area contributed by atoms with Gasteiger partial charge >= 0.3 is 0 Å². The summed E-state index contributed by atoms with van der Waals surface area (Å²) in [6.45, 7) is 2.13. The molecule has 2 aromatic heterocycles. The summed E-state index contributed by atoms with van der Waals surface area (Å²) in [5.41, 5.74) is 3.44. The number of rotatable bonds is 2. The van der Waals surface area contributed by atoms with Gasteiger partial charge in [0.1, 0.15) is 10.6 Å². The predicted octanol–water partition coefficient (Wildman–Crippen LogP) is 8.12. The second-order valence-corrected chi connectivity index (χ2v) is 9.09. The third-order valence-corrected chi connectivity index (χ3v) is 7.24. The zero-order chi connectivity index (χ0) is 20.4. The highest BCUT2D eigenvalue weighted by atomic mass is 35.5. The number of halogens is 1. The molecule has 30 heavy (non-hydrogen) atoms. The number of hydrogen-bond acceptors (Lipinski definition) is 2. The van der Waals surface area contributed by atoms with Gasteiger partial charge in [0.15, 0.2) is 0 Å². The lowest BCUT2D eigenvalue weighted by Gasteiger charge is -2.10. The minimum absolute atomic E-state index is 0.766. The molecule has 6 rings (SSSR count). The predicted molar refractivity (Wildman–Crippen MR) is 130 cm³/mol. The molecule has 0 aliphatic heterocycles. The van der Waals surface area contributed by atoms with Crippen molar-refractivity contribution in [3.05, 3.63) is 83.4 Å². The summed E-state index contributed by atoms with van der Waals surface area (Å²) in [4.78, 5) is 1.20. The molecular formula is C26H18ClNOS. The molecule has 0 amide bonds. The molecule has 0 radical (unpaired) electrons. The highest BCUT2D eigenvalue weighted by molar-refractivity contribution is 7.25. The van der Waals surface area contributed by atoms with Crippen molar-refractivity contribution in [2.75, 3.05) is 7.11 Å². The third-order valence-electron chi connectivity index (χ3n) is 5.80. The fourth-order valence-corrected chi connectivity index (χ4v) is 5.93. The van der Waals surface area contributed by atoms with Crippen LogP contribution >= 0.6 is 22.9 Å². The fraction of sp³-hybridized carbons (Fsp3) is 0.0769. The van der Waals surface area contributed by atoms with Gasteiger partial charge in [0.2, 0.25) is 0 Å². The lowest BCUT2D eigenvalue weighted by atomic mass is 10.1. The van der Waals surface area contributed by atoms with Crippen molar-refractivity contribution in [1.82, 2.24) is 4.57 Å². The molecular weight excluding hydrogens is 410 g/mol. The van der Waals surface area contributed by atoms with E-state index in [1.807, 2.05) is 18.2 Å². The fourth-order valence-electron chi connectivity index (χ4n) is 4.39. The molecule has 0 atom stereocenters. The Kier molecular flexibility index (Phi) is 3.86. The topological polar surface area (TPSA) is 14.2 Å². The average molecular weight is 428 g/mol. The molecule has 0 spiro atoms. The van der Waals surface area contributed by atoms with Crippen molar-refractivity contribution in [2.24, 2.45) is 0 Å². The van der Waals surface area contributed by atoms with Gasteiger partial charge in [-0.25, -0.2) is 0 Å². The molecule has 0 saturated carbocycles. The lowest BCUT2D eigenvalue weighted by Crippen LogP contribution is -1.93. The first-order valence-corrected chi connectivity index (χ1v) is 11.0. The molecule has 2 nitrogen and oxygen atoms in total. The van der Waals surface area contributed by atoms with Gasteiger partial charge in [-0.3, -0.25) is 4.57 Å². The van der Waals surface area contributed by atoms with Crippen LogP contribution in [-0.4, -0.2) is 11.7 Å². The van der Waals surface area contributed by atoms with E-state index in [-0.39, 0.29) is 0 Å². The molecule has 2 heterocycles. The molecule has 0 N–H and O–H groups in total. The molecule has 0 fully saturated rings. The standard InChI is InChI=1S/C26H18ClNOS/c1-15-6-7-16-8-9-18(13-17(16)12-15)28-25-21(4-3-5-22(25)27)24-20-11-10-19(29-2)14-23(20)30-26(24)28/h3-14H,1-2H3. The second-order valence-electron chi connectivity index (χ2n) is 7.65. The summed E-state index contributed by atoms with van der Waals surface area (Å²) in [6, 6.07) is 25.7. The van der Waals surface area contributed by atoms with Crippen molar-refractivity contribution in [3.63, 3.8) is 0 Å². The van der Waals surface area contributed by atoms with Crippen LogP contribution < -0.4 is 4.74 Å². The number of ether oxygens (including phenoxy) is 1. The van der Waals surface area contributed by atoms with Crippen molar-refractivity contribution in [3.8, 4) is 11.4 Å². The monoisotopic (exact) mass is 427 g/mol. The van der Waals surface area contributed by atoms with Gasteiger partial charge in [0.25, 0.3) is 0 Å². The smallest absolute Gasteiger partial charge is 0.120 e. The van der Waals surface area contributed by atoms with Crippen molar-refractivity contribution in [2.45, 2.75) is 6.92 Å². The van der Waals surface area contributed by atoms with Crippen molar-refractivity contribution < 1.29 is 4.74 Å². The minimum atomic E-state index is 0.766. The summed E-state index contributed by atoms with van der Waals surface area (Å²) in [6.07, 6.45) is 0. The largest absolute Gasteiger partial charge is 0.497 e. The van der Waals surface area contributed by atoms with Crippen molar-refractivity contribution in [1.29, 1.82) is 0 Å². The van der Waals surface area contributed by atoms with Crippen LogP contribution in [0.2, 0.25) is 5.02 Å². The summed E-state index contributed by atoms with van der Waals surface area (Å²) in [5, 5.41) is 6.90. The normalized spacial score (nSPS) is 11.8. The highest BCUT2D eigenvalue weighted by Crippen LogP contribution is 2.45. The number of aryl methyl sites for hydroxylation is 1. The van der Waals surface area contributed by atoms with Crippen LogP contribution in [0, 0.1) is 6.92 Å². The number of methoxy groups -OCH3 is 1. The number of aromatic nitrogens is 1. The molecule has 0 aliphatic carbocycles. The van der Waals surface area contributed by atoms with E-state index < -0.39 is 0 Å². The van der Waals surface area contributed by atoms with Gasteiger partial charge in [-0.2, -0.15) is 0 Å². The SMILES string of the molecule is COc1ccc2c(c1)sc1c2c2cccc(Cl)c2n1-c1ccc2ccc(C)cc2c1. The summed E-state index contributed by atoms with van der Waals surface area (Å²) in [7, 11) is 1.71. The summed E-state index contributed by atoms with van der Waals surface area (Å²) < 4.78 is 8.98. The van der Waals surface area contributed by atoms with E-state index in [1.54, 1.807) is 18.4 Å². The molecule has 0 aliphatic rings. The van der Waals surface area contributed by atoms with E-state index in [0.29, 0.717) is 0 Å².